The first-order chi connectivity index (χ1) is 30.0. The van der Waals surface area contributed by atoms with Crippen LogP contribution in [0.15, 0.2) is 113 Å². The number of sulfone groups is 1. The molecule has 0 aliphatic carbocycles. The molecule has 0 unspecified atom stereocenters. The van der Waals surface area contributed by atoms with Gasteiger partial charge in [-0.15, -0.1) is 29.1 Å². The van der Waals surface area contributed by atoms with E-state index in [1.54, 1.807) is 35.9 Å². The molecule has 0 atom stereocenters. The molecule has 4 aromatic carbocycles. The molecule has 0 spiro atoms. The Hall–Kier alpha value is -5.09. The summed E-state index contributed by atoms with van der Waals surface area (Å²) in [6.45, 7) is 1.23. The summed E-state index contributed by atoms with van der Waals surface area (Å²) >= 11 is 1.64. The Kier molecular flexibility index (Phi) is 17.5. The Bertz CT molecular complexity index is 2750. The first kappa shape index (κ1) is 48.9. The smallest absolute Gasteiger partial charge is 0.397 e. The number of anilines is 1. The molecule has 63 heavy (non-hydrogen) atoms. The van der Waals surface area contributed by atoms with Crippen LogP contribution >= 0.6 is 36.1 Å². The fraction of sp³-hybridized carbons (Fsp3) is 0.176. The molecular formula is C34H32N6O18S5. The number of aryl methyl sites for hydroxylation is 1. The number of nitrogens with zero attached hydrogens (tertiary/aromatic N) is 5. The van der Waals surface area contributed by atoms with Crippen LogP contribution in [0.3, 0.4) is 0 Å². The fourth-order valence-electron chi connectivity index (χ4n) is 5.21. The third-order valence-electron chi connectivity index (χ3n) is 8.11. The summed E-state index contributed by atoms with van der Waals surface area (Å²) in [6, 6.07) is 13.8. The summed E-state index contributed by atoms with van der Waals surface area (Å²) in [7, 11) is -7.70. The second kappa shape index (κ2) is 22.5. The van der Waals surface area contributed by atoms with E-state index in [0.717, 1.165) is 24.2 Å². The van der Waals surface area contributed by atoms with Crippen molar-refractivity contribution in [2.45, 2.75) is 33.1 Å². The van der Waals surface area contributed by atoms with Gasteiger partial charge in [-0.05, 0) is 67.1 Å². The van der Waals surface area contributed by atoms with Crippen molar-refractivity contribution in [2.75, 3.05) is 31.8 Å². The Morgan fingerprint density at radius 1 is 0.825 bits per heavy atom. The molecule has 0 aliphatic rings. The van der Waals surface area contributed by atoms with Gasteiger partial charge >= 0.3 is 10.4 Å². The van der Waals surface area contributed by atoms with E-state index in [9.17, 15) is 31.8 Å². The molecule has 0 fully saturated rings. The number of hydrogen-bond acceptors (Lipinski definition) is 25. The van der Waals surface area contributed by atoms with Crippen molar-refractivity contribution in [3.05, 3.63) is 84.2 Å². The van der Waals surface area contributed by atoms with E-state index in [0.29, 0.717) is 34.5 Å². The van der Waals surface area contributed by atoms with E-state index in [1.807, 2.05) is 0 Å². The zero-order valence-electron chi connectivity index (χ0n) is 32.1. The number of pyridine rings is 1. The minimum Gasteiger partial charge on any atom is -0.545 e. The number of carbonyl (C=O) groups is 1. The van der Waals surface area contributed by atoms with Gasteiger partial charge in [-0.1, -0.05) is 10.1 Å². The minimum absolute atomic E-state index is 0.0122. The number of rotatable bonds is 23. The standard InChI is InChI=1S/C34H32N6O18S5/c1-19-14-26(27(51-2)17-28(19)59-56-52-11-10-40-9-3-4-20(18-40)34(42)43)37-39-32-30(61-58-55-45)16-23-22(33(32)41)6-7-24(35)31(23)38-36-25-8-5-21(15-29(25)60-57-54-44)62(46,47)13-12-53-63(48,49)50/h3-9,14-18H,10-13H2,1-2H3,(H6-,35,36,37,41,42,43,44,45,48,49,50). The van der Waals surface area contributed by atoms with E-state index < -0.39 is 44.3 Å². The van der Waals surface area contributed by atoms with Gasteiger partial charge in [-0.2, -0.15) is 12.8 Å². The normalized spacial score (nSPS) is 12.2. The predicted molar refractivity (Wildman–Crippen MR) is 217 cm³/mol. The lowest BCUT2D eigenvalue weighted by atomic mass is 10.1. The lowest BCUT2D eigenvalue weighted by Crippen LogP contribution is -2.37. The number of aromatic hydroxyl groups is 1. The second-order valence-electron chi connectivity index (χ2n) is 12.1. The SMILES string of the molecule is COc1cc(SOOCC[n+]2cccc(C(=O)[O-])c2)c(C)cc1N=Nc1c(SOOO)cc2c(N=Nc3ccc(S(=O)(=O)CCOS(=O)(=O)O)cc3SOOO)c(N)ccc2c1O. The maximum absolute atomic E-state index is 12.8. The zero-order chi connectivity index (χ0) is 45.7. The fourth-order valence-corrected chi connectivity index (χ4v) is 8.29. The number of ether oxygens (including phenoxy) is 1. The maximum atomic E-state index is 12.8. The van der Waals surface area contributed by atoms with Crippen LogP contribution < -0.4 is 20.1 Å². The number of carboxylic acid groups (broad SMARTS) is 1. The number of phenolic OH excluding ortho intramolecular Hbond substituents is 1. The third-order valence-corrected chi connectivity index (χ3v) is 12.3. The molecule has 6 N–H and O–H groups in total. The first-order valence-corrected chi connectivity index (χ1v) is 22.3. The summed E-state index contributed by atoms with van der Waals surface area (Å²) in [4.78, 5) is 16.5. The number of fused-ring (bicyclic) bond motifs is 1. The van der Waals surface area contributed by atoms with Crippen LogP contribution in [-0.2, 0) is 58.9 Å². The van der Waals surface area contributed by atoms with E-state index >= 15 is 0 Å². The van der Waals surface area contributed by atoms with Gasteiger partial charge < -0.3 is 25.5 Å². The van der Waals surface area contributed by atoms with Crippen molar-refractivity contribution in [2.24, 2.45) is 20.5 Å². The number of hydrogen-bond donors (Lipinski definition) is 5. The highest BCUT2D eigenvalue weighted by Crippen LogP contribution is 2.48. The van der Waals surface area contributed by atoms with Crippen molar-refractivity contribution in [3.8, 4) is 11.5 Å². The van der Waals surface area contributed by atoms with Gasteiger partial charge in [0.15, 0.2) is 34.5 Å². The van der Waals surface area contributed by atoms with Crippen molar-refractivity contribution in [1.82, 2.24) is 0 Å². The summed E-state index contributed by atoms with van der Waals surface area (Å²) < 4.78 is 81.8. The minimum atomic E-state index is -4.90. The van der Waals surface area contributed by atoms with Crippen molar-refractivity contribution < 1.29 is 88.4 Å². The number of aromatic carboxylic acids is 1. The number of methoxy groups -OCH3 is 1. The van der Waals surface area contributed by atoms with Crippen LogP contribution in [0.4, 0.5) is 28.4 Å². The van der Waals surface area contributed by atoms with E-state index in [1.165, 1.54) is 43.6 Å². The Balaban J connectivity index is 1.41. The number of phenols is 1. The Morgan fingerprint density at radius 3 is 2.22 bits per heavy atom. The molecular weight excluding hydrogens is 941 g/mol. The number of carboxylic acids is 1. The zero-order valence-corrected chi connectivity index (χ0v) is 36.2. The van der Waals surface area contributed by atoms with E-state index in [4.69, 9.17) is 34.8 Å². The van der Waals surface area contributed by atoms with Crippen LogP contribution in [-0.4, -0.2) is 69.1 Å². The molecule has 0 bridgehead atoms. The Morgan fingerprint density at radius 2 is 1.52 bits per heavy atom. The Labute approximate surface area is 369 Å². The van der Waals surface area contributed by atoms with Gasteiger partial charge in [0.05, 0.1) is 87.5 Å². The largest absolute Gasteiger partial charge is 0.545 e. The van der Waals surface area contributed by atoms with Gasteiger partial charge in [0.25, 0.3) is 0 Å². The van der Waals surface area contributed by atoms with Gasteiger partial charge in [0, 0.05) is 21.7 Å². The molecule has 0 aliphatic heterocycles. The van der Waals surface area contributed by atoms with Crippen LogP contribution in [0.2, 0.25) is 0 Å². The summed E-state index contributed by atoms with van der Waals surface area (Å²) in [5.41, 5.74) is 6.99. The molecule has 336 valence electrons. The monoisotopic (exact) mass is 972 g/mol. The molecule has 5 aromatic rings. The highest BCUT2D eigenvalue weighted by atomic mass is 32.3. The van der Waals surface area contributed by atoms with Crippen molar-refractivity contribution in [1.29, 1.82) is 0 Å². The number of azo groups is 2. The van der Waals surface area contributed by atoms with Crippen molar-refractivity contribution in [3.63, 3.8) is 0 Å². The summed E-state index contributed by atoms with van der Waals surface area (Å²) in [5, 5.41) is 65.0. The van der Waals surface area contributed by atoms with Crippen molar-refractivity contribution >= 4 is 102 Å². The predicted octanol–water partition coefficient (Wildman–Crippen LogP) is 6.03. The lowest BCUT2D eigenvalue weighted by Gasteiger charge is -2.12. The average molecular weight is 973 g/mol. The quantitative estimate of drug-likeness (QED) is 0.00728. The molecule has 29 heteroatoms. The highest BCUT2D eigenvalue weighted by Gasteiger charge is 2.22. The molecule has 0 saturated heterocycles. The number of nitrogens with two attached hydrogens (primary N) is 1. The lowest BCUT2D eigenvalue weighted by molar-refractivity contribution is -0.700. The van der Waals surface area contributed by atoms with Crippen LogP contribution in [0.25, 0.3) is 10.8 Å². The summed E-state index contributed by atoms with van der Waals surface area (Å²) in [6.07, 6.45) is 3.06. The van der Waals surface area contributed by atoms with Gasteiger partial charge in [-0.25, -0.2) is 32.6 Å². The third kappa shape index (κ3) is 13.5. The first-order valence-electron chi connectivity index (χ1n) is 17.1. The molecule has 5 rings (SSSR count). The summed E-state index contributed by atoms with van der Waals surface area (Å²) in [5.74, 6) is -2.36. The molecule has 0 radical (unpaired) electrons. The van der Waals surface area contributed by atoms with E-state index in [2.05, 4.69) is 43.4 Å². The molecule has 0 amide bonds. The second-order valence-corrected chi connectivity index (χ2v) is 17.5. The van der Waals surface area contributed by atoms with E-state index in [-0.39, 0.29) is 78.4 Å². The van der Waals surface area contributed by atoms with Gasteiger partial charge in [0.2, 0.25) is 0 Å². The van der Waals surface area contributed by atoms with Gasteiger partial charge in [-0.3, -0.25) is 4.55 Å². The molecule has 24 nitrogen and oxygen atoms in total. The molecule has 1 aromatic heterocycles. The number of aromatic nitrogens is 1. The van der Waals surface area contributed by atoms with Gasteiger partial charge in [0.1, 0.15) is 35.1 Å². The molecule has 1 heterocycles. The number of benzene rings is 4. The van der Waals surface area contributed by atoms with Crippen LogP contribution in [0.1, 0.15) is 15.9 Å². The highest BCUT2D eigenvalue weighted by molar-refractivity contribution is 7.95. The average Bonchev–Trinajstić information content (AvgIpc) is 3.24. The van der Waals surface area contributed by atoms with Crippen LogP contribution in [0.5, 0.6) is 11.5 Å². The number of carbonyl (C=O) groups excluding carboxylic acids is 1. The molecule has 0 saturated carbocycles. The number of nitrogen functional groups attached to an aromatic ring is 1. The maximum Gasteiger partial charge on any atom is 0.397 e. The topological polar surface area (TPSA) is 343 Å². The van der Waals surface area contributed by atoms with Crippen LogP contribution in [0, 0.1) is 6.92 Å².